The first-order valence-electron chi connectivity index (χ1n) is 6.45. The van der Waals surface area contributed by atoms with Gasteiger partial charge in [-0.3, -0.25) is 4.98 Å². The van der Waals surface area contributed by atoms with Gasteiger partial charge in [-0.1, -0.05) is 0 Å². The molecule has 1 aromatic heterocycles. The predicted octanol–water partition coefficient (Wildman–Crippen LogP) is 1.76. The van der Waals surface area contributed by atoms with Gasteiger partial charge >= 0.3 is 0 Å². The van der Waals surface area contributed by atoms with Crippen molar-refractivity contribution in [2.24, 2.45) is 0 Å². The minimum absolute atomic E-state index is 0.0582. The van der Waals surface area contributed by atoms with Gasteiger partial charge in [-0.05, 0) is 13.0 Å². The molecule has 1 aliphatic heterocycles. The average molecular weight is 267 g/mol. The molecular weight excluding hydrogens is 246 g/mol. The molecule has 0 amide bonds. The highest BCUT2D eigenvalue weighted by Crippen LogP contribution is 2.33. The largest absolute Gasteiger partial charge is 0.491 e. The van der Waals surface area contributed by atoms with Crippen molar-refractivity contribution in [2.45, 2.75) is 25.0 Å². The Morgan fingerprint density at radius 3 is 2.95 bits per heavy atom. The monoisotopic (exact) mass is 267 g/mol. The number of hydrogen-bond donors (Lipinski definition) is 0. The fourth-order valence-corrected chi connectivity index (χ4v) is 2.05. The molecule has 2 unspecified atom stereocenters. The summed E-state index contributed by atoms with van der Waals surface area (Å²) in [5.74, 6) is 0.775. The Bertz CT molecular complexity index is 404. The van der Waals surface area contributed by atoms with Crippen molar-refractivity contribution in [3.05, 3.63) is 24.0 Å². The minimum atomic E-state index is -0.438. The van der Waals surface area contributed by atoms with Crippen LogP contribution >= 0.6 is 0 Å². The molecule has 5 heteroatoms. The minimum Gasteiger partial charge on any atom is -0.491 e. The van der Waals surface area contributed by atoms with Crippen LogP contribution in [0.25, 0.3) is 0 Å². The lowest BCUT2D eigenvalue weighted by atomic mass is 9.98. The molecule has 0 spiro atoms. The topological polar surface area (TPSA) is 49.8 Å². The van der Waals surface area contributed by atoms with Gasteiger partial charge < -0.3 is 18.9 Å². The molecule has 1 fully saturated rings. The van der Waals surface area contributed by atoms with E-state index >= 15 is 0 Å². The molecule has 2 heterocycles. The summed E-state index contributed by atoms with van der Waals surface area (Å²) in [4.78, 5) is 4.40. The zero-order valence-electron chi connectivity index (χ0n) is 11.7. The standard InChI is InChI=1S/C14H21NO4/c1-11(16-2)9-19-12-4-6-15-13(8-12)14(17-3)5-7-18-10-14/h4,6,8,11H,5,7,9-10H2,1-3H3. The van der Waals surface area contributed by atoms with E-state index in [4.69, 9.17) is 18.9 Å². The SMILES string of the molecule is COC(C)COc1ccnc(C2(OC)CCOC2)c1. The lowest BCUT2D eigenvalue weighted by Gasteiger charge is -2.25. The molecule has 2 atom stereocenters. The van der Waals surface area contributed by atoms with E-state index in [9.17, 15) is 0 Å². The van der Waals surface area contributed by atoms with Crippen LogP contribution in [0.3, 0.4) is 0 Å². The third-order valence-electron chi connectivity index (χ3n) is 3.46. The van der Waals surface area contributed by atoms with Crippen LogP contribution < -0.4 is 4.74 Å². The van der Waals surface area contributed by atoms with E-state index in [2.05, 4.69) is 4.98 Å². The second-order valence-electron chi connectivity index (χ2n) is 4.74. The summed E-state index contributed by atoms with van der Waals surface area (Å²) in [5, 5.41) is 0. The van der Waals surface area contributed by atoms with Gasteiger partial charge in [-0.2, -0.15) is 0 Å². The first-order chi connectivity index (χ1) is 9.20. The number of nitrogens with zero attached hydrogens (tertiary/aromatic N) is 1. The van der Waals surface area contributed by atoms with Gasteiger partial charge in [0.15, 0.2) is 0 Å². The lowest BCUT2D eigenvalue weighted by molar-refractivity contribution is -0.0248. The van der Waals surface area contributed by atoms with Gasteiger partial charge in [0.1, 0.15) is 18.0 Å². The molecule has 1 saturated heterocycles. The van der Waals surface area contributed by atoms with E-state index in [-0.39, 0.29) is 6.10 Å². The lowest BCUT2D eigenvalue weighted by Crippen LogP contribution is -2.30. The number of pyridine rings is 1. The molecule has 0 bridgehead atoms. The number of methoxy groups -OCH3 is 2. The number of aromatic nitrogens is 1. The van der Waals surface area contributed by atoms with Crippen molar-refractivity contribution in [3.63, 3.8) is 0 Å². The smallest absolute Gasteiger partial charge is 0.135 e. The fraction of sp³-hybridized carbons (Fsp3) is 0.643. The molecule has 1 aromatic rings. The maximum Gasteiger partial charge on any atom is 0.135 e. The van der Waals surface area contributed by atoms with Crippen molar-refractivity contribution >= 4 is 0 Å². The number of rotatable bonds is 6. The predicted molar refractivity (Wildman–Crippen MR) is 70.3 cm³/mol. The summed E-state index contributed by atoms with van der Waals surface area (Å²) >= 11 is 0. The first-order valence-corrected chi connectivity index (χ1v) is 6.45. The summed E-state index contributed by atoms with van der Waals surface area (Å²) in [5.41, 5.74) is 0.418. The van der Waals surface area contributed by atoms with E-state index in [1.54, 1.807) is 20.4 Å². The van der Waals surface area contributed by atoms with Crippen LogP contribution in [-0.2, 0) is 19.8 Å². The molecule has 0 N–H and O–H groups in total. The Kier molecular flexibility index (Phi) is 4.74. The Balaban J connectivity index is 2.10. The van der Waals surface area contributed by atoms with Crippen molar-refractivity contribution in [2.75, 3.05) is 34.0 Å². The zero-order chi connectivity index (χ0) is 13.7. The second-order valence-corrected chi connectivity index (χ2v) is 4.74. The Hall–Kier alpha value is -1.17. The van der Waals surface area contributed by atoms with E-state index in [0.29, 0.717) is 19.8 Å². The van der Waals surface area contributed by atoms with Gasteiger partial charge in [-0.15, -0.1) is 0 Å². The van der Waals surface area contributed by atoms with Crippen LogP contribution in [0.1, 0.15) is 19.0 Å². The Morgan fingerprint density at radius 2 is 2.32 bits per heavy atom. The summed E-state index contributed by atoms with van der Waals surface area (Å²) in [6, 6.07) is 3.76. The van der Waals surface area contributed by atoms with Gasteiger partial charge in [-0.25, -0.2) is 0 Å². The molecule has 1 aliphatic rings. The van der Waals surface area contributed by atoms with Crippen LogP contribution in [0.2, 0.25) is 0 Å². The van der Waals surface area contributed by atoms with Crippen LogP contribution in [0.5, 0.6) is 5.75 Å². The zero-order valence-corrected chi connectivity index (χ0v) is 11.7. The summed E-state index contributed by atoms with van der Waals surface area (Å²) in [6.45, 7) is 3.70. The number of hydrogen-bond acceptors (Lipinski definition) is 5. The van der Waals surface area contributed by atoms with E-state index in [0.717, 1.165) is 17.9 Å². The molecule has 5 nitrogen and oxygen atoms in total. The fourth-order valence-electron chi connectivity index (χ4n) is 2.05. The first kappa shape index (κ1) is 14.2. The molecule has 2 rings (SSSR count). The Morgan fingerprint density at radius 1 is 1.47 bits per heavy atom. The van der Waals surface area contributed by atoms with Crippen molar-refractivity contribution in [3.8, 4) is 5.75 Å². The van der Waals surface area contributed by atoms with Crippen LogP contribution in [0.4, 0.5) is 0 Å². The molecular formula is C14H21NO4. The normalized spacial score (nSPS) is 24.4. The van der Waals surface area contributed by atoms with Crippen LogP contribution in [0, 0.1) is 0 Å². The molecule has 19 heavy (non-hydrogen) atoms. The highest BCUT2D eigenvalue weighted by molar-refractivity contribution is 5.27. The highest BCUT2D eigenvalue weighted by Gasteiger charge is 2.38. The maximum absolute atomic E-state index is 5.69. The van der Waals surface area contributed by atoms with Gasteiger partial charge in [0.25, 0.3) is 0 Å². The molecule has 106 valence electrons. The third kappa shape index (κ3) is 3.23. The van der Waals surface area contributed by atoms with E-state index in [1.807, 2.05) is 19.1 Å². The van der Waals surface area contributed by atoms with Crippen LogP contribution in [-0.4, -0.2) is 45.1 Å². The summed E-state index contributed by atoms with van der Waals surface area (Å²) in [7, 11) is 3.36. The van der Waals surface area contributed by atoms with Crippen molar-refractivity contribution in [1.29, 1.82) is 0 Å². The molecule has 0 saturated carbocycles. The summed E-state index contributed by atoms with van der Waals surface area (Å²) < 4.78 is 21.9. The quantitative estimate of drug-likeness (QED) is 0.786. The van der Waals surface area contributed by atoms with Gasteiger partial charge in [0.05, 0.1) is 18.4 Å². The van der Waals surface area contributed by atoms with Gasteiger partial charge in [0, 0.05) is 39.5 Å². The highest BCUT2D eigenvalue weighted by atomic mass is 16.6. The summed E-state index contributed by atoms with van der Waals surface area (Å²) in [6.07, 6.45) is 2.61. The van der Waals surface area contributed by atoms with E-state index in [1.165, 1.54) is 0 Å². The maximum atomic E-state index is 5.69. The number of ether oxygens (including phenoxy) is 4. The molecule has 0 radical (unpaired) electrons. The van der Waals surface area contributed by atoms with Crippen molar-refractivity contribution < 1.29 is 18.9 Å². The van der Waals surface area contributed by atoms with Gasteiger partial charge in [0.2, 0.25) is 0 Å². The second kappa shape index (κ2) is 6.32. The average Bonchev–Trinajstić information content (AvgIpc) is 2.95. The Labute approximate surface area is 113 Å². The molecule has 0 aliphatic carbocycles. The molecule has 0 aromatic carbocycles. The van der Waals surface area contributed by atoms with Crippen molar-refractivity contribution in [1.82, 2.24) is 4.98 Å². The van der Waals surface area contributed by atoms with E-state index < -0.39 is 5.60 Å². The third-order valence-corrected chi connectivity index (χ3v) is 3.46. The van der Waals surface area contributed by atoms with Crippen LogP contribution in [0.15, 0.2) is 18.3 Å².